The largest absolute Gasteiger partial charge is 0.478 e. The van der Waals surface area contributed by atoms with Gasteiger partial charge in [0.25, 0.3) is 0 Å². The average molecular weight is 379 g/mol. The molecule has 2 aliphatic rings. The lowest BCUT2D eigenvalue weighted by Gasteiger charge is -2.49. The van der Waals surface area contributed by atoms with Gasteiger partial charge in [-0.15, -0.1) is 0 Å². The van der Waals surface area contributed by atoms with E-state index in [1.807, 2.05) is 30.1 Å². The van der Waals surface area contributed by atoms with Crippen LogP contribution in [0.1, 0.15) is 41.1 Å². The summed E-state index contributed by atoms with van der Waals surface area (Å²) < 4.78 is 0. The molecule has 0 aliphatic carbocycles. The summed E-state index contributed by atoms with van der Waals surface area (Å²) in [5.74, 6) is 0.00265. The normalized spacial score (nSPS) is 21.8. The third-order valence-corrected chi connectivity index (χ3v) is 6.23. The first-order chi connectivity index (χ1) is 13.5. The number of pyridine rings is 1. The first-order valence-electron chi connectivity index (χ1n) is 9.72. The standard InChI is InChI=1S/C22H25N3O3/c1-24-15-22(13-18(20(24)26)16-5-3-2-4-6-16)9-11-25(12-10-22)19-8-7-17(14-23-19)21(27)28/h2-8,14,18H,9-13,15H2,1H3,(H,27,28). The Bertz CT molecular complexity index is 858. The van der Waals surface area contributed by atoms with Crippen molar-refractivity contribution < 1.29 is 14.7 Å². The molecule has 3 heterocycles. The van der Waals surface area contributed by atoms with Crippen LogP contribution in [0.3, 0.4) is 0 Å². The van der Waals surface area contributed by atoms with Crippen molar-refractivity contribution in [1.82, 2.24) is 9.88 Å². The van der Waals surface area contributed by atoms with Crippen molar-refractivity contribution in [2.24, 2.45) is 5.41 Å². The maximum absolute atomic E-state index is 12.8. The van der Waals surface area contributed by atoms with Crippen LogP contribution in [0.2, 0.25) is 0 Å². The number of hydrogen-bond donors (Lipinski definition) is 1. The Morgan fingerprint density at radius 1 is 1.14 bits per heavy atom. The number of carboxylic acids is 1. The molecule has 2 fully saturated rings. The molecular weight excluding hydrogens is 354 g/mol. The van der Waals surface area contributed by atoms with E-state index in [2.05, 4.69) is 22.0 Å². The molecule has 4 rings (SSSR count). The molecule has 146 valence electrons. The Hall–Kier alpha value is -2.89. The predicted molar refractivity (Wildman–Crippen MR) is 107 cm³/mol. The first-order valence-corrected chi connectivity index (χ1v) is 9.72. The molecule has 0 bridgehead atoms. The number of rotatable bonds is 3. The number of carbonyl (C=O) groups excluding carboxylic acids is 1. The van der Waals surface area contributed by atoms with Crippen molar-refractivity contribution in [1.29, 1.82) is 0 Å². The molecule has 2 aliphatic heterocycles. The summed E-state index contributed by atoms with van der Waals surface area (Å²) in [5, 5.41) is 9.03. The molecule has 2 saturated heterocycles. The Balaban J connectivity index is 1.48. The highest BCUT2D eigenvalue weighted by Gasteiger charge is 2.45. The lowest BCUT2D eigenvalue weighted by molar-refractivity contribution is -0.138. The first kappa shape index (κ1) is 18.5. The van der Waals surface area contributed by atoms with Gasteiger partial charge < -0.3 is 14.9 Å². The van der Waals surface area contributed by atoms with Crippen LogP contribution in [0, 0.1) is 5.41 Å². The van der Waals surface area contributed by atoms with E-state index < -0.39 is 5.97 Å². The molecular formula is C22H25N3O3. The van der Waals surface area contributed by atoms with Crippen LogP contribution >= 0.6 is 0 Å². The van der Waals surface area contributed by atoms with Gasteiger partial charge >= 0.3 is 5.97 Å². The van der Waals surface area contributed by atoms with Gasteiger partial charge in [0.1, 0.15) is 5.82 Å². The molecule has 28 heavy (non-hydrogen) atoms. The fraction of sp³-hybridized carbons (Fsp3) is 0.409. The van der Waals surface area contributed by atoms with Crippen LogP contribution in [-0.2, 0) is 4.79 Å². The second-order valence-electron chi connectivity index (χ2n) is 8.06. The Kier molecular flexibility index (Phi) is 4.79. The number of likely N-dealkylation sites (tertiary alicyclic amines) is 1. The number of aromatic carboxylic acids is 1. The number of aromatic nitrogens is 1. The van der Waals surface area contributed by atoms with Crippen LogP contribution in [0.5, 0.6) is 0 Å². The molecule has 1 spiro atoms. The van der Waals surface area contributed by atoms with Crippen molar-refractivity contribution in [3.8, 4) is 0 Å². The van der Waals surface area contributed by atoms with E-state index in [-0.39, 0.29) is 22.8 Å². The second kappa shape index (κ2) is 7.26. The molecule has 1 atom stereocenters. The fourth-order valence-corrected chi connectivity index (χ4v) is 4.65. The van der Waals surface area contributed by atoms with Gasteiger partial charge in [-0.05, 0) is 42.4 Å². The quantitative estimate of drug-likeness (QED) is 0.887. The summed E-state index contributed by atoms with van der Waals surface area (Å²) in [6, 6.07) is 13.5. The van der Waals surface area contributed by atoms with Crippen LogP contribution < -0.4 is 4.90 Å². The van der Waals surface area contributed by atoms with Crippen LogP contribution in [0.15, 0.2) is 48.7 Å². The third kappa shape index (κ3) is 3.46. The molecule has 0 radical (unpaired) electrons. The molecule has 6 nitrogen and oxygen atoms in total. The van der Waals surface area contributed by atoms with Gasteiger partial charge in [0.15, 0.2) is 0 Å². The summed E-state index contributed by atoms with van der Waals surface area (Å²) >= 11 is 0. The van der Waals surface area contributed by atoms with E-state index in [9.17, 15) is 9.59 Å². The van der Waals surface area contributed by atoms with Crippen molar-refractivity contribution >= 4 is 17.7 Å². The number of benzene rings is 1. The molecule has 0 saturated carbocycles. The summed E-state index contributed by atoms with van der Waals surface area (Å²) in [6.07, 6.45) is 4.30. The minimum atomic E-state index is -0.960. The summed E-state index contributed by atoms with van der Waals surface area (Å²) in [6.45, 7) is 2.53. The van der Waals surface area contributed by atoms with Gasteiger partial charge in [0, 0.05) is 32.9 Å². The maximum Gasteiger partial charge on any atom is 0.337 e. The zero-order valence-electron chi connectivity index (χ0n) is 16.0. The van der Waals surface area contributed by atoms with Gasteiger partial charge in [0.05, 0.1) is 11.5 Å². The van der Waals surface area contributed by atoms with E-state index in [1.165, 1.54) is 6.20 Å². The molecule has 6 heteroatoms. The number of amides is 1. The zero-order chi connectivity index (χ0) is 19.7. The maximum atomic E-state index is 12.8. The predicted octanol–water partition coefficient (Wildman–Crippen LogP) is 3.01. The molecule has 1 N–H and O–H groups in total. The Morgan fingerprint density at radius 3 is 2.46 bits per heavy atom. The molecule has 1 aromatic carbocycles. The average Bonchev–Trinajstić information content (AvgIpc) is 2.72. The van der Waals surface area contributed by atoms with Crippen LogP contribution in [0.25, 0.3) is 0 Å². The minimum Gasteiger partial charge on any atom is -0.478 e. The van der Waals surface area contributed by atoms with Gasteiger partial charge in [-0.3, -0.25) is 4.79 Å². The highest BCUT2D eigenvalue weighted by Crippen LogP contribution is 2.45. The lowest BCUT2D eigenvalue weighted by atomic mass is 9.68. The number of hydrogen-bond acceptors (Lipinski definition) is 4. The van der Waals surface area contributed by atoms with Crippen molar-refractivity contribution in [2.75, 3.05) is 31.6 Å². The SMILES string of the molecule is CN1CC2(CCN(c3ccc(C(=O)O)cn3)CC2)CC(c2ccccc2)C1=O. The number of anilines is 1. The Morgan fingerprint density at radius 2 is 1.86 bits per heavy atom. The second-order valence-corrected chi connectivity index (χ2v) is 8.06. The fourth-order valence-electron chi connectivity index (χ4n) is 4.65. The number of piperidine rings is 2. The lowest BCUT2D eigenvalue weighted by Crippen LogP contribution is -2.52. The minimum absolute atomic E-state index is 0.0699. The summed E-state index contributed by atoms with van der Waals surface area (Å²) in [4.78, 5) is 32.2. The Labute approximate surface area is 164 Å². The van der Waals surface area contributed by atoms with Crippen LogP contribution in [-0.4, -0.2) is 53.5 Å². The number of carboxylic acid groups (broad SMARTS) is 1. The monoisotopic (exact) mass is 379 g/mol. The summed E-state index contributed by atoms with van der Waals surface area (Å²) in [5.41, 5.74) is 1.43. The third-order valence-electron chi connectivity index (χ3n) is 6.23. The van der Waals surface area contributed by atoms with Crippen molar-refractivity contribution in [3.05, 3.63) is 59.8 Å². The van der Waals surface area contributed by atoms with Crippen molar-refractivity contribution in [3.63, 3.8) is 0 Å². The van der Waals surface area contributed by atoms with Gasteiger partial charge in [-0.25, -0.2) is 9.78 Å². The van der Waals surface area contributed by atoms with Crippen LogP contribution in [0.4, 0.5) is 5.82 Å². The molecule has 1 amide bonds. The van der Waals surface area contributed by atoms with E-state index in [0.717, 1.165) is 50.3 Å². The highest BCUT2D eigenvalue weighted by atomic mass is 16.4. The topological polar surface area (TPSA) is 73.7 Å². The zero-order valence-corrected chi connectivity index (χ0v) is 16.0. The number of nitrogens with zero attached hydrogens (tertiary/aromatic N) is 3. The van der Waals surface area contributed by atoms with E-state index in [4.69, 9.17) is 5.11 Å². The molecule has 1 unspecified atom stereocenters. The van der Waals surface area contributed by atoms with Gasteiger partial charge in [-0.1, -0.05) is 30.3 Å². The van der Waals surface area contributed by atoms with Gasteiger partial charge in [-0.2, -0.15) is 0 Å². The molecule has 2 aromatic rings. The molecule has 1 aromatic heterocycles. The smallest absolute Gasteiger partial charge is 0.337 e. The van der Waals surface area contributed by atoms with E-state index in [1.54, 1.807) is 12.1 Å². The van der Waals surface area contributed by atoms with E-state index >= 15 is 0 Å². The van der Waals surface area contributed by atoms with Crippen molar-refractivity contribution in [2.45, 2.75) is 25.2 Å². The van der Waals surface area contributed by atoms with Gasteiger partial charge in [0.2, 0.25) is 5.91 Å². The number of carbonyl (C=O) groups is 2. The highest BCUT2D eigenvalue weighted by molar-refractivity contribution is 5.87. The number of likely N-dealkylation sites (N-methyl/N-ethyl adjacent to an activating group) is 1. The summed E-state index contributed by atoms with van der Waals surface area (Å²) in [7, 11) is 1.91. The van der Waals surface area contributed by atoms with E-state index in [0.29, 0.717) is 0 Å².